The van der Waals surface area contributed by atoms with Gasteiger partial charge in [0, 0.05) is 13.1 Å². The Morgan fingerprint density at radius 2 is 2.13 bits per heavy atom. The molecule has 1 fully saturated rings. The quantitative estimate of drug-likeness (QED) is 0.752. The van der Waals surface area contributed by atoms with Crippen molar-refractivity contribution in [2.75, 3.05) is 32.7 Å². The van der Waals surface area contributed by atoms with Crippen molar-refractivity contribution in [3.8, 4) is 0 Å². The molecule has 2 nitrogen and oxygen atoms in total. The van der Waals surface area contributed by atoms with Gasteiger partial charge >= 0.3 is 0 Å². The highest BCUT2D eigenvalue weighted by Crippen LogP contribution is 2.28. The molecule has 90 valence electrons. The van der Waals surface area contributed by atoms with E-state index in [1.54, 1.807) is 0 Å². The molecule has 1 aliphatic rings. The Labute approximate surface area is 95.4 Å². The molecular weight excluding hydrogens is 184 g/mol. The van der Waals surface area contributed by atoms with E-state index in [1.807, 2.05) is 0 Å². The maximum Gasteiger partial charge on any atom is 0.00328 e. The van der Waals surface area contributed by atoms with Crippen LogP contribution < -0.4 is 5.32 Å². The predicted octanol–water partition coefficient (Wildman–Crippen LogP) is 2.35. The molecule has 0 spiro atoms. The highest BCUT2D eigenvalue weighted by molar-refractivity contribution is 4.80. The van der Waals surface area contributed by atoms with Gasteiger partial charge in [0.2, 0.25) is 0 Å². The summed E-state index contributed by atoms with van der Waals surface area (Å²) >= 11 is 0. The number of nitrogens with zero attached hydrogens (tertiary/aromatic N) is 1. The van der Waals surface area contributed by atoms with E-state index < -0.39 is 0 Å². The molecule has 1 aliphatic heterocycles. The highest BCUT2D eigenvalue weighted by Gasteiger charge is 2.26. The molecule has 0 aromatic heterocycles. The molecule has 0 radical (unpaired) electrons. The number of rotatable bonds is 5. The smallest absolute Gasteiger partial charge is 0.00328 e. The zero-order valence-electron chi connectivity index (χ0n) is 11.0. The molecule has 15 heavy (non-hydrogen) atoms. The molecule has 0 aliphatic carbocycles. The molecule has 1 unspecified atom stereocenters. The van der Waals surface area contributed by atoms with Crippen molar-refractivity contribution in [1.82, 2.24) is 10.2 Å². The Balaban J connectivity index is 2.25. The van der Waals surface area contributed by atoms with Crippen molar-refractivity contribution in [2.45, 2.75) is 40.5 Å². The molecule has 0 saturated carbocycles. The zero-order valence-corrected chi connectivity index (χ0v) is 11.0. The average molecular weight is 212 g/mol. The fourth-order valence-corrected chi connectivity index (χ4v) is 2.60. The van der Waals surface area contributed by atoms with Crippen molar-refractivity contribution in [1.29, 1.82) is 0 Å². The van der Waals surface area contributed by atoms with E-state index in [9.17, 15) is 0 Å². The summed E-state index contributed by atoms with van der Waals surface area (Å²) in [4.78, 5) is 2.64. The van der Waals surface area contributed by atoms with Crippen LogP contribution in [0.15, 0.2) is 0 Å². The first-order chi connectivity index (χ1) is 7.03. The molecule has 0 amide bonds. The van der Waals surface area contributed by atoms with Crippen molar-refractivity contribution in [3.05, 3.63) is 0 Å². The molecular formula is C13H28N2. The number of nitrogens with one attached hydrogen (secondary N) is 1. The fourth-order valence-electron chi connectivity index (χ4n) is 2.60. The van der Waals surface area contributed by atoms with Crippen LogP contribution in [-0.2, 0) is 0 Å². The molecule has 2 heteroatoms. The molecule has 1 N–H and O–H groups in total. The van der Waals surface area contributed by atoms with Crippen LogP contribution in [0.5, 0.6) is 0 Å². The summed E-state index contributed by atoms with van der Waals surface area (Å²) in [5, 5.41) is 3.43. The van der Waals surface area contributed by atoms with Gasteiger partial charge in [-0.1, -0.05) is 27.7 Å². The zero-order chi connectivity index (χ0) is 11.3. The van der Waals surface area contributed by atoms with E-state index >= 15 is 0 Å². The van der Waals surface area contributed by atoms with Gasteiger partial charge in [-0.3, -0.25) is 0 Å². The van der Waals surface area contributed by atoms with Gasteiger partial charge in [-0.25, -0.2) is 0 Å². The topological polar surface area (TPSA) is 15.3 Å². The van der Waals surface area contributed by atoms with Gasteiger partial charge in [0.1, 0.15) is 0 Å². The second-order valence-electron chi connectivity index (χ2n) is 5.92. The van der Waals surface area contributed by atoms with E-state index in [4.69, 9.17) is 0 Å². The van der Waals surface area contributed by atoms with Crippen LogP contribution in [-0.4, -0.2) is 37.6 Å². The number of hydrogen-bond donors (Lipinski definition) is 1. The van der Waals surface area contributed by atoms with Crippen LogP contribution in [0, 0.1) is 11.3 Å². The Hall–Kier alpha value is -0.0800. The second kappa shape index (κ2) is 5.86. The van der Waals surface area contributed by atoms with Crippen LogP contribution in [0.3, 0.4) is 0 Å². The normalized spacial score (nSPS) is 24.0. The molecule has 0 aromatic carbocycles. The first-order valence-corrected chi connectivity index (χ1v) is 6.46. The van der Waals surface area contributed by atoms with E-state index in [2.05, 4.69) is 37.9 Å². The van der Waals surface area contributed by atoms with Crippen LogP contribution >= 0.6 is 0 Å². The van der Waals surface area contributed by atoms with Crippen molar-refractivity contribution >= 4 is 0 Å². The Kier molecular flexibility index (Phi) is 5.07. The number of hydrogen-bond acceptors (Lipinski definition) is 2. The van der Waals surface area contributed by atoms with E-state index in [0.29, 0.717) is 5.41 Å². The summed E-state index contributed by atoms with van der Waals surface area (Å²) in [7, 11) is 0. The van der Waals surface area contributed by atoms with Crippen molar-refractivity contribution in [3.63, 3.8) is 0 Å². The molecule has 1 atom stereocenters. The van der Waals surface area contributed by atoms with Gasteiger partial charge < -0.3 is 10.2 Å². The third kappa shape index (κ3) is 4.98. The minimum atomic E-state index is 0.538. The van der Waals surface area contributed by atoms with E-state index in [-0.39, 0.29) is 0 Å². The van der Waals surface area contributed by atoms with Crippen LogP contribution in [0.4, 0.5) is 0 Å². The highest BCUT2D eigenvalue weighted by atomic mass is 15.1. The fraction of sp³-hybridized carbons (Fsp3) is 1.00. The standard InChI is InChI=1S/C13H28N2/c1-5-14-9-12(2)10-15-8-6-7-13(3,4)11-15/h12,14H,5-11H2,1-4H3. The largest absolute Gasteiger partial charge is 0.317 e. The SMILES string of the molecule is CCNCC(C)CN1CCCC(C)(C)C1. The van der Waals surface area contributed by atoms with Crippen LogP contribution in [0.25, 0.3) is 0 Å². The Morgan fingerprint density at radius 3 is 2.73 bits per heavy atom. The lowest BCUT2D eigenvalue weighted by Gasteiger charge is -2.39. The molecule has 0 bridgehead atoms. The molecule has 1 saturated heterocycles. The van der Waals surface area contributed by atoms with Crippen molar-refractivity contribution < 1.29 is 0 Å². The third-order valence-electron chi connectivity index (χ3n) is 3.29. The summed E-state index contributed by atoms with van der Waals surface area (Å²) in [6, 6.07) is 0. The maximum atomic E-state index is 3.43. The maximum absolute atomic E-state index is 3.43. The summed E-state index contributed by atoms with van der Waals surface area (Å²) in [6.45, 7) is 15.4. The Bertz CT molecular complexity index is 177. The first-order valence-electron chi connectivity index (χ1n) is 6.46. The molecule has 1 heterocycles. The van der Waals surface area contributed by atoms with Crippen LogP contribution in [0.2, 0.25) is 0 Å². The minimum absolute atomic E-state index is 0.538. The van der Waals surface area contributed by atoms with Gasteiger partial charge in [0.15, 0.2) is 0 Å². The minimum Gasteiger partial charge on any atom is -0.317 e. The van der Waals surface area contributed by atoms with Gasteiger partial charge in [-0.2, -0.15) is 0 Å². The van der Waals surface area contributed by atoms with Gasteiger partial charge in [-0.05, 0) is 43.8 Å². The van der Waals surface area contributed by atoms with Gasteiger partial charge in [-0.15, -0.1) is 0 Å². The molecule has 0 aromatic rings. The number of piperidine rings is 1. The number of likely N-dealkylation sites (tertiary alicyclic amines) is 1. The summed E-state index contributed by atoms with van der Waals surface area (Å²) < 4.78 is 0. The average Bonchev–Trinajstić information content (AvgIpc) is 2.13. The second-order valence-corrected chi connectivity index (χ2v) is 5.92. The van der Waals surface area contributed by atoms with Crippen LogP contribution in [0.1, 0.15) is 40.5 Å². The van der Waals surface area contributed by atoms with Gasteiger partial charge in [0.25, 0.3) is 0 Å². The monoisotopic (exact) mass is 212 g/mol. The third-order valence-corrected chi connectivity index (χ3v) is 3.29. The summed E-state index contributed by atoms with van der Waals surface area (Å²) in [6.07, 6.45) is 2.77. The van der Waals surface area contributed by atoms with Crippen molar-refractivity contribution in [2.24, 2.45) is 11.3 Å². The lowest BCUT2D eigenvalue weighted by atomic mass is 9.84. The Morgan fingerprint density at radius 1 is 1.40 bits per heavy atom. The lowest BCUT2D eigenvalue weighted by molar-refractivity contribution is 0.104. The lowest BCUT2D eigenvalue weighted by Crippen LogP contribution is -2.43. The predicted molar refractivity (Wildman–Crippen MR) is 67.2 cm³/mol. The summed E-state index contributed by atoms with van der Waals surface area (Å²) in [5.74, 6) is 0.777. The first kappa shape index (κ1) is 13.0. The van der Waals surface area contributed by atoms with Gasteiger partial charge in [0.05, 0.1) is 0 Å². The molecule has 1 rings (SSSR count). The van der Waals surface area contributed by atoms with E-state index in [1.165, 1.54) is 32.5 Å². The summed E-state index contributed by atoms with van der Waals surface area (Å²) in [5.41, 5.74) is 0.538. The van der Waals surface area contributed by atoms with E-state index in [0.717, 1.165) is 19.0 Å².